The van der Waals surface area contributed by atoms with Crippen LogP contribution in [0, 0.1) is 0 Å². The van der Waals surface area contributed by atoms with E-state index in [1.54, 1.807) is 9.80 Å². The third-order valence-electron chi connectivity index (χ3n) is 10.2. The van der Waals surface area contributed by atoms with Crippen molar-refractivity contribution < 1.29 is 19.2 Å². The van der Waals surface area contributed by atoms with Crippen LogP contribution < -0.4 is 10.6 Å². The number of amides is 4. The molecule has 0 aliphatic carbocycles. The van der Waals surface area contributed by atoms with Gasteiger partial charge in [0, 0.05) is 24.5 Å². The summed E-state index contributed by atoms with van der Waals surface area (Å²) < 4.78 is 0. The maximum absolute atomic E-state index is 13.7. The Kier molecular flexibility index (Phi) is 12.4. The average Bonchev–Trinajstić information content (AvgIpc) is 3.87. The predicted octanol–water partition coefficient (Wildman–Crippen LogP) is 6.32. The first-order valence-electron chi connectivity index (χ1n) is 18.6. The minimum Gasteiger partial charge on any atom is -0.329 e. The van der Waals surface area contributed by atoms with E-state index in [0.717, 1.165) is 35.1 Å². The molecule has 10 nitrogen and oxygen atoms in total. The highest BCUT2D eigenvalue weighted by atomic mass is 16.2. The number of nitrogens with one attached hydrogen (secondary N) is 2. The van der Waals surface area contributed by atoms with Crippen LogP contribution >= 0.6 is 0 Å². The van der Waals surface area contributed by atoms with E-state index in [2.05, 4.69) is 10.6 Å². The lowest BCUT2D eigenvalue weighted by atomic mass is 10.0. The molecule has 2 aliphatic heterocycles. The van der Waals surface area contributed by atoms with Gasteiger partial charge in [0.15, 0.2) is 0 Å². The molecule has 0 radical (unpaired) electrons. The second-order valence-electron chi connectivity index (χ2n) is 14.5. The molecule has 54 heavy (non-hydrogen) atoms. The molecule has 2 heterocycles. The number of anilines is 2. The summed E-state index contributed by atoms with van der Waals surface area (Å²) in [5.74, 6) is -0.493. The summed E-state index contributed by atoms with van der Waals surface area (Å²) in [5.41, 5.74) is 5.06. The molecule has 4 aromatic carbocycles. The van der Waals surface area contributed by atoms with Crippen molar-refractivity contribution in [3.05, 3.63) is 131 Å². The maximum atomic E-state index is 13.7. The fourth-order valence-corrected chi connectivity index (χ4v) is 7.51. The van der Waals surface area contributed by atoms with E-state index < -0.39 is 24.2 Å². The SMILES string of the molecule is CN(C)[C@@H](C(=O)N1CCC[C@H]1C(=O)Nc1ccc(/C=C/c2ccc(NC(=O)[C@@H]3CCCN3C(=O)[C@@H](c3ccccc3)N(C)C)cc2)cc1)c1ccccc1. The fourth-order valence-electron chi connectivity index (χ4n) is 7.51. The van der Waals surface area contributed by atoms with Crippen LogP contribution in [-0.4, -0.2) is 96.6 Å². The number of carbonyl (C=O) groups excluding carboxylic acids is 4. The lowest BCUT2D eigenvalue weighted by Gasteiger charge is -2.31. The second-order valence-corrected chi connectivity index (χ2v) is 14.5. The van der Waals surface area contributed by atoms with E-state index >= 15 is 0 Å². The normalized spacial score (nSPS) is 18.3. The van der Waals surface area contributed by atoms with Crippen molar-refractivity contribution in [2.24, 2.45) is 0 Å². The third-order valence-corrected chi connectivity index (χ3v) is 10.2. The summed E-state index contributed by atoms with van der Waals surface area (Å²) in [4.78, 5) is 61.4. The summed E-state index contributed by atoms with van der Waals surface area (Å²) >= 11 is 0. The number of benzene rings is 4. The molecule has 4 amide bonds. The summed E-state index contributed by atoms with van der Waals surface area (Å²) in [6.45, 7) is 1.11. The Morgan fingerprint density at radius 1 is 0.556 bits per heavy atom. The van der Waals surface area contributed by atoms with Crippen LogP contribution in [0.2, 0.25) is 0 Å². The molecule has 10 heteroatoms. The number of likely N-dealkylation sites (tertiary alicyclic amines) is 2. The first-order chi connectivity index (χ1) is 26.1. The van der Waals surface area contributed by atoms with Gasteiger partial charge < -0.3 is 20.4 Å². The zero-order valence-corrected chi connectivity index (χ0v) is 31.5. The monoisotopic (exact) mass is 726 g/mol. The summed E-state index contributed by atoms with van der Waals surface area (Å²) in [7, 11) is 7.54. The molecule has 2 N–H and O–H groups in total. The molecular formula is C44H50N6O4. The molecule has 2 saturated heterocycles. The number of carbonyl (C=O) groups is 4. The first-order valence-corrected chi connectivity index (χ1v) is 18.6. The quantitative estimate of drug-likeness (QED) is 0.166. The van der Waals surface area contributed by atoms with Crippen LogP contribution in [0.4, 0.5) is 11.4 Å². The van der Waals surface area contributed by atoms with Crippen molar-refractivity contribution in [2.75, 3.05) is 51.9 Å². The van der Waals surface area contributed by atoms with Gasteiger partial charge in [0.05, 0.1) is 0 Å². The van der Waals surface area contributed by atoms with Crippen LogP contribution in [0.5, 0.6) is 0 Å². The molecule has 0 bridgehead atoms. The predicted molar refractivity (Wildman–Crippen MR) is 214 cm³/mol. The number of rotatable bonds is 12. The van der Waals surface area contributed by atoms with Gasteiger partial charge in [0.2, 0.25) is 23.6 Å². The Morgan fingerprint density at radius 3 is 1.24 bits per heavy atom. The molecule has 0 spiro atoms. The Hall–Kier alpha value is -5.58. The summed E-state index contributed by atoms with van der Waals surface area (Å²) in [6, 6.07) is 32.6. The second kappa shape index (κ2) is 17.5. The van der Waals surface area contributed by atoms with Crippen molar-refractivity contribution in [1.82, 2.24) is 19.6 Å². The maximum Gasteiger partial charge on any atom is 0.247 e. The third kappa shape index (κ3) is 8.95. The van der Waals surface area contributed by atoms with Crippen LogP contribution in [0.1, 0.15) is 60.0 Å². The highest BCUT2D eigenvalue weighted by Crippen LogP contribution is 2.29. The zero-order chi connectivity index (χ0) is 38.2. The van der Waals surface area contributed by atoms with Crippen molar-refractivity contribution in [2.45, 2.75) is 49.9 Å². The van der Waals surface area contributed by atoms with Crippen LogP contribution in [0.15, 0.2) is 109 Å². The van der Waals surface area contributed by atoms with Crippen LogP contribution in [0.25, 0.3) is 12.2 Å². The van der Waals surface area contributed by atoms with E-state index in [-0.39, 0.29) is 23.6 Å². The van der Waals surface area contributed by atoms with E-state index in [9.17, 15) is 19.2 Å². The molecular weight excluding hydrogens is 677 g/mol. The van der Waals surface area contributed by atoms with Gasteiger partial charge >= 0.3 is 0 Å². The standard InChI is InChI=1S/C44H50N6O4/c1-47(2)39(33-13-7-5-8-14-33)43(53)49-29-11-17-37(49)41(51)45-35-25-21-31(22-26-35)19-20-32-23-27-36(28-24-32)46-42(52)38-18-12-30-50(38)44(54)40(48(3)4)34-15-9-6-10-16-34/h5-10,13-16,19-28,37-40H,11-12,17-18,29-30H2,1-4H3,(H,45,51)(H,46,52)/b20-19+/t37-,38-,39+,40+/m0/s1. The Morgan fingerprint density at radius 2 is 0.907 bits per heavy atom. The lowest BCUT2D eigenvalue weighted by Crippen LogP contribution is -2.47. The average molecular weight is 727 g/mol. The Bertz CT molecular complexity index is 1790. The molecule has 4 aromatic rings. The van der Waals surface area contributed by atoms with Crippen molar-refractivity contribution >= 4 is 47.2 Å². The largest absolute Gasteiger partial charge is 0.329 e. The van der Waals surface area contributed by atoms with Gasteiger partial charge in [-0.1, -0.05) is 97.1 Å². The van der Waals surface area contributed by atoms with Crippen LogP contribution in [-0.2, 0) is 19.2 Å². The van der Waals surface area contributed by atoms with Gasteiger partial charge in [-0.25, -0.2) is 0 Å². The topological polar surface area (TPSA) is 105 Å². The molecule has 0 saturated carbocycles. The molecule has 2 fully saturated rings. The molecule has 280 valence electrons. The Balaban J connectivity index is 1.02. The molecule has 4 atom stereocenters. The Labute approximate surface area is 318 Å². The van der Waals surface area contributed by atoms with Gasteiger partial charge in [0.1, 0.15) is 24.2 Å². The lowest BCUT2D eigenvalue weighted by molar-refractivity contribution is -0.141. The summed E-state index contributed by atoms with van der Waals surface area (Å²) in [5, 5.41) is 6.03. The fraction of sp³-hybridized carbons (Fsp3) is 0.318. The minimum atomic E-state index is -0.523. The highest BCUT2D eigenvalue weighted by Gasteiger charge is 2.39. The molecule has 0 aromatic heterocycles. The molecule has 0 unspecified atom stereocenters. The van der Waals surface area contributed by atoms with Crippen molar-refractivity contribution in [3.63, 3.8) is 0 Å². The van der Waals surface area contributed by atoms with E-state index in [1.807, 2.05) is 159 Å². The van der Waals surface area contributed by atoms with Crippen molar-refractivity contribution in [3.8, 4) is 0 Å². The smallest absolute Gasteiger partial charge is 0.247 e. The van der Waals surface area contributed by atoms with Gasteiger partial charge in [0.25, 0.3) is 0 Å². The number of nitrogens with zero attached hydrogens (tertiary/aromatic N) is 4. The summed E-state index contributed by atoms with van der Waals surface area (Å²) in [6.07, 6.45) is 6.78. The zero-order valence-electron chi connectivity index (χ0n) is 31.5. The molecule has 6 rings (SSSR count). The number of likely N-dealkylation sites (N-methyl/N-ethyl adjacent to an activating group) is 2. The van der Waals surface area contributed by atoms with E-state index in [0.29, 0.717) is 37.3 Å². The van der Waals surface area contributed by atoms with Gasteiger partial charge in [-0.05, 0) is 100 Å². The highest BCUT2D eigenvalue weighted by molar-refractivity contribution is 5.99. The van der Waals surface area contributed by atoms with Crippen molar-refractivity contribution in [1.29, 1.82) is 0 Å². The van der Waals surface area contributed by atoms with Gasteiger partial charge in [-0.15, -0.1) is 0 Å². The van der Waals surface area contributed by atoms with E-state index in [1.165, 1.54) is 0 Å². The van der Waals surface area contributed by atoms with Gasteiger partial charge in [-0.3, -0.25) is 29.0 Å². The molecule has 2 aliphatic rings. The number of hydrogen-bond donors (Lipinski definition) is 2. The number of hydrogen-bond acceptors (Lipinski definition) is 6. The minimum absolute atomic E-state index is 0.0653. The van der Waals surface area contributed by atoms with Gasteiger partial charge in [-0.2, -0.15) is 0 Å². The first kappa shape index (κ1) is 38.2. The van der Waals surface area contributed by atoms with E-state index in [4.69, 9.17) is 0 Å². The van der Waals surface area contributed by atoms with Crippen LogP contribution in [0.3, 0.4) is 0 Å².